The van der Waals surface area contributed by atoms with E-state index in [1.54, 1.807) is 6.07 Å². The summed E-state index contributed by atoms with van der Waals surface area (Å²) < 4.78 is 4.79. The molecular formula is C15H23N3O3. The van der Waals surface area contributed by atoms with E-state index in [1.165, 1.54) is 7.11 Å². The van der Waals surface area contributed by atoms with E-state index in [9.17, 15) is 4.79 Å². The van der Waals surface area contributed by atoms with E-state index >= 15 is 0 Å². The molecule has 0 amide bonds. The summed E-state index contributed by atoms with van der Waals surface area (Å²) in [6, 6.07) is 3.80. The summed E-state index contributed by atoms with van der Waals surface area (Å²) >= 11 is 0. The van der Waals surface area contributed by atoms with E-state index in [0.29, 0.717) is 17.8 Å². The highest BCUT2D eigenvalue weighted by Gasteiger charge is 2.20. The molecule has 3 N–H and O–H groups in total. The van der Waals surface area contributed by atoms with E-state index in [0.717, 1.165) is 37.4 Å². The Balaban J connectivity index is 2.17. The zero-order valence-electron chi connectivity index (χ0n) is 12.6. The van der Waals surface area contributed by atoms with Crippen LogP contribution in [0.4, 0.5) is 11.4 Å². The van der Waals surface area contributed by atoms with Crippen LogP contribution < -0.4 is 10.6 Å². The van der Waals surface area contributed by atoms with Crippen molar-refractivity contribution in [2.45, 2.75) is 6.92 Å². The van der Waals surface area contributed by atoms with Gasteiger partial charge >= 0.3 is 5.97 Å². The van der Waals surface area contributed by atoms with Gasteiger partial charge in [-0.2, -0.15) is 0 Å². The van der Waals surface area contributed by atoms with Gasteiger partial charge in [-0.05, 0) is 24.6 Å². The Labute approximate surface area is 125 Å². The lowest BCUT2D eigenvalue weighted by Gasteiger charge is -2.36. The Morgan fingerprint density at radius 3 is 2.57 bits per heavy atom. The van der Waals surface area contributed by atoms with E-state index < -0.39 is 5.97 Å². The number of ether oxygens (including phenoxy) is 1. The molecule has 1 fully saturated rings. The lowest BCUT2D eigenvalue weighted by Crippen LogP contribution is -2.47. The molecule has 1 heterocycles. The van der Waals surface area contributed by atoms with Crippen LogP contribution >= 0.6 is 0 Å². The first-order valence-electron chi connectivity index (χ1n) is 7.13. The fraction of sp³-hybridized carbons (Fsp3) is 0.533. The van der Waals surface area contributed by atoms with Crippen LogP contribution in [-0.4, -0.2) is 62.4 Å². The molecule has 1 aromatic carbocycles. The van der Waals surface area contributed by atoms with Crippen LogP contribution in [0.5, 0.6) is 0 Å². The number of hydrogen-bond donors (Lipinski definition) is 2. The molecule has 6 heteroatoms. The molecule has 0 unspecified atom stereocenters. The van der Waals surface area contributed by atoms with Gasteiger partial charge in [0.1, 0.15) is 0 Å². The number of aliphatic hydroxyl groups excluding tert-OH is 1. The lowest BCUT2D eigenvalue weighted by atomic mass is 10.1. The largest absolute Gasteiger partial charge is 0.465 e. The summed E-state index contributed by atoms with van der Waals surface area (Å²) in [5.74, 6) is -0.406. The van der Waals surface area contributed by atoms with Crippen LogP contribution in [0.1, 0.15) is 15.9 Å². The molecule has 0 radical (unpaired) electrons. The van der Waals surface area contributed by atoms with Crippen LogP contribution in [0.15, 0.2) is 12.1 Å². The summed E-state index contributed by atoms with van der Waals surface area (Å²) in [5.41, 5.74) is 8.73. The number of anilines is 2. The minimum Gasteiger partial charge on any atom is -0.465 e. The number of carbonyl (C=O) groups is 1. The first kappa shape index (κ1) is 15.6. The van der Waals surface area contributed by atoms with Crippen molar-refractivity contribution in [2.24, 2.45) is 0 Å². The number of β-amino-alcohol motifs (C(OH)–C–C–N with tert-alkyl or cyclic N) is 1. The highest BCUT2D eigenvalue weighted by Crippen LogP contribution is 2.26. The standard InChI is InChI=1S/C15H23N3O3/c1-11-9-12(10-13(14(11)16)15(20)21-2)18-5-3-17(4-6-18)7-8-19/h9-10,19H,3-8,16H2,1-2H3. The van der Waals surface area contributed by atoms with Gasteiger partial charge in [0.05, 0.1) is 19.3 Å². The molecule has 0 bridgehead atoms. The predicted molar refractivity (Wildman–Crippen MR) is 82.7 cm³/mol. The predicted octanol–water partition coefficient (Wildman–Crippen LogP) is 0.478. The summed E-state index contributed by atoms with van der Waals surface area (Å²) in [6.07, 6.45) is 0. The van der Waals surface area contributed by atoms with Crippen molar-refractivity contribution in [2.75, 3.05) is 57.1 Å². The van der Waals surface area contributed by atoms with Crippen molar-refractivity contribution in [3.05, 3.63) is 23.3 Å². The van der Waals surface area contributed by atoms with Gasteiger partial charge in [-0.1, -0.05) is 0 Å². The summed E-state index contributed by atoms with van der Waals surface area (Å²) in [7, 11) is 1.36. The van der Waals surface area contributed by atoms with Crippen molar-refractivity contribution in [3.63, 3.8) is 0 Å². The molecule has 0 saturated carbocycles. The quantitative estimate of drug-likeness (QED) is 0.621. The number of benzene rings is 1. The van der Waals surface area contributed by atoms with Crippen molar-refractivity contribution in [3.8, 4) is 0 Å². The SMILES string of the molecule is COC(=O)c1cc(N2CCN(CCO)CC2)cc(C)c1N. The monoisotopic (exact) mass is 293 g/mol. The summed E-state index contributed by atoms with van der Waals surface area (Å²) in [4.78, 5) is 16.3. The minimum absolute atomic E-state index is 0.188. The van der Waals surface area contributed by atoms with Gasteiger partial charge in [0.15, 0.2) is 0 Å². The molecule has 1 aliphatic heterocycles. The third-order valence-electron chi connectivity index (χ3n) is 3.93. The number of nitrogens with two attached hydrogens (primary N) is 1. The summed E-state index contributed by atoms with van der Waals surface area (Å²) in [5, 5.41) is 8.97. The average molecular weight is 293 g/mol. The van der Waals surface area contributed by atoms with E-state index in [1.807, 2.05) is 13.0 Å². The van der Waals surface area contributed by atoms with E-state index in [-0.39, 0.29) is 6.61 Å². The Bertz CT molecular complexity index is 511. The smallest absolute Gasteiger partial charge is 0.340 e. The molecule has 0 atom stereocenters. The minimum atomic E-state index is -0.406. The zero-order chi connectivity index (χ0) is 15.4. The molecule has 0 spiro atoms. The molecule has 6 nitrogen and oxygen atoms in total. The van der Waals surface area contributed by atoms with Crippen LogP contribution in [0.3, 0.4) is 0 Å². The van der Waals surface area contributed by atoms with Gasteiger partial charge < -0.3 is 20.5 Å². The molecule has 0 aromatic heterocycles. The molecule has 1 saturated heterocycles. The molecule has 21 heavy (non-hydrogen) atoms. The van der Waals surface area contributed by atoms with Gasteiger partial charge in [-0.3, -0.25) is 4.90 Å². The van der Waals surface area contributed by atoms with Gasteiger partial charge in [0.25, 0.3) is 0 Å². The molecular weight excluding hydrogens is 270 g/mol. The van der Waals surface area contributed by atoms with Gasteiger partial charge in [0, 0.05) is 44.1 Å². The number of hydrogen-bond acceptors (Lipinski definition) is 6. The second-order valence-electron chi connectivity index (χ2n) is 5.27. The Morgan fingerprint density at radius 2 is 2.00 bits per heavy atom. The number of rotatable bonds is 4. The number of piperazine rings is 1. The molecule has 116 valence electrons. The Kier molecular flexibility index (Phi) is 5.03. The van der Waals surface area contributed by atoms with Crippen LogP contribution in [0, 0.1) is 6.92 Å². The van der Waals surface area contributed by atoms with Crippen molar-refractivity contribution >= 4 is 17.3 Å². The first-order valence-corrected chi connectivity index (χ1v) is 7.13. The number of aryl methyl sites for hydroxylation is 1. The fourth-order valence-corrected chi connectivity index (χ4v) is 2.61. The fourth-order valence-electron chi connectivity index (χ4n) is 2.61. The maximum absolute atomic E-state index is 11.8. The second-order valence-corrected chi connectivity index (χ2v) is 5.27. The zero-order valence-corrected chi connectivity index (χ0v) is 12.6. The van der Waals surface area contributed by atoms with Crippen LogP contribution in [-0.2, 0) is 4.74 Å². The number of nitrogen functional groups attached to an aromatic ring is 1. The Morgan fingerprint density at radius 1 is 1.33 bits per heavy atom. The lowest BCUT2D eigenvalue weighted by molar-refractivity contribution is 0.0602. The normalized spacial score (nSPS) is 16.0. The third kappa shape index (κ3) is 3.46. The third-order valence-corrected chi connectivity index (χ3v) is 3.93. The summed E-state index contributed by atoms with van der Waals surface area (Å²) in [6.45, 7) is 6.33. The number of carbonyl (C=O) groups excluding carboxylic acids is 1. The topological polar surface area (TPSA) is 79.0 Å². The number of aliphatic hydroxyl groups is 1. The van der Waals surface area contributed by atoms with E-state index in [2.05, 4.69) is 9.80 Å². The van der Waals surface area contributed by atoms with Gasteiger partial charge in [-0.15, -0.1) is 0 Å². The highest BCUT2D eigenvalue weighted by atomic mass is 16.5. The Hall–Kier alpha value is -1.79. The molecule has 2 rings (SSSR count). The van der Waals surface area contributed by atoms with Crippen LogP contribution in [0.25, 0.3) is 0 Å². The number of methoxy groups -OCH3 is 1. The van der Waals surface area contributed by atoms with E-state index in [4.69, 9.17) is 15.6 Å². The average Bonchev–Trinajstić information content (AvgIpc) is 2.50. The van der Waals surface area contributed by atoms with Crippen molar-refractivity contribution < 1.29 is 14.6 Å². The highest BCUT2D eigenvalue weighted by molar-refractivity contribution is 5.97. The number of nitrogens with zero attached hydrogens (tertiary/aromatic N) is 2. The maximum atomic E-state index is 11.8. The first-order chi connectivity index (χ1) is 10.1. The molecule has 0 aliphatic carbocycles. The second kappa shape index (κ2) is 6.78. The molecule has 1 aliphatic rings. The van der Waals surface area contributed by atoms with Gasteiger partial charge in [-0.25, -0.2) is 4.79 Å². The van der Waals surface area contributed by atoms with Gasteiger partial charge in [0.2, 0.25) is 0 Å². The molecule has 1 aromatic rings. The van der Waals surface area contributed by atoms with Crippen LogP contribution in [0.2, 0.25) is 0 Å². The van der Waals surface area contributed by atoms with Crippen molar-refractivity contribution in [1.29, 1.82) is 0 Å². The van der Waals surface area contributed by atoms with Crippen molar-refractivity contribution in [1.82, 2.24) is 4.90 Å². The maximum Gasteiger partial charge on any atom is 0.340 e. The number of esters is 1.